The lowest BCUT2D eigenvalue weighted by Gasteiger charge is -2.26. The Balaban J connectivity index is 1.13. The fraction of sp³-hybridized carbons (Fsp3) is 0.500. The molecule has 8 heteroatoms. The van der Waals surface area contributed by atoms with E-state index in [9.17, 15) is 0 Å². The highest BCUT2D eigenvalue weighted by atomic mass is 16.7. The topological polar surface area (TPSA) is 83.4 Å². The number of aromatic nitrogens is 1. The van der Waals surface area contributed by atoms with Crippen molar-refractivity contribution in [3.63, 3.8) is 0 Å². The third kappa shape index (κ3) is 5.49. The molecule has 0 spiro atoms. The molecular formula is C32H37N3O5. The Morgan fingerprint density at radius 3 is 2.17 bits per heavy atom. The van der Waals surface area contributed by atoms with E-state index in [1.54, 1.807) is 0 Å². The second-order valence-electron chi connectivity index (χ2n) is 11.3. The van der Waals surface area contributed by atoms with Crippen LogP contribution in [0, 0.1) is 0 Å². The van der Waals surface area contributed by atoms with Gasteiger partial charge in [-0.3, -0.25) is 4.98 Å². The van der Waals surface area contributed by atoms with Crippen molar-refractivity contribution in [2.75, 3.05) is 20.2 Å². The number of hydrogen-bond donors (Lipinski definition) is 1. The lowest BCUT2D eigenvalue weighted by molar-refractivity contribution is 0.173. The molecule has 2 saturated carbocycles. The molecule has 3 heterocycles. The molecule has 2 aromatic carbocycles. The summed E-state index contributed by atoms with van der Waals surface area (Å²) in [5.74, 6) is 3.03. The Kier molecular flexibility index (Phi) is 7.23. The second-order valence-corrected chi connectivity index (χ2v) is 11.3. The van der Waals surface area contributed by atoms with E-state index < -0.39 is 0 Å². The Labute approximate surface area is 235 Å². The number of nitrogens with zero attached hydrogens (tertiary/aromatic N) is 2. The average Bonchev–Trinajstić information content (AvgIpc) is 3.65. The number of ether oxygens (including phenoxy) is 5. The highest BCUT2D eigenvalue weighted by Crippen LogP contribution is 2.41. The number of aliphatic imine (C=N–C) groups is 1. The van der Waals surface area contributed by atoms with E-state index in [1.807, 2.05) is 24.4 Å². The standard InChI is InChI=1S/C32H37N3O5/c1-3-7-24(8-4-1)34-32(35-25-9-5-2-6-10-25)36-12-11-21-14-28-31(40-20-37-28)17-26(21)27-13-22-15-29-30(39-19-38-29)16-23(22)18-33-27/h13-18,24-25H,1-12,19-20H2,(H,34,35). The van der Waals surface area contributed by atoms with Gasteiger partial charge in [0.05, 0.1) is 18.3 Å². The molecule has 2 aliphatic carbocycles. The van der Waals surface area contributed by atoms with Gasteiger partial charge in [0.2, 0.25) is 13.6 Å². The van der Waals surface area contributed by atoms with Crippen molar-refractivity contribution in [3.05, 3.63) is 42.1 Å². The minimum absolute atomic E-state index is 0.229. The van der Waals surface area contributed by atoms with Gasteiger partial charge in [-0.05, 0) is 67.0 Å². The van der Waals surface area contributed by atoms with Crippen molar-refractivity contribution in [1.82, 2.24) is 10.3 Å². The first kappa shape index (κ1) is 25.3. The summed E-state index contributed by atoms with van der Waals surface area (Å²) >= 11 is 0. The SMILES string of the molecule is c1c(CCOC(=NC2CCCCC2)NC2CCCCC2)c(-c2cc3cc4c(cc3cn2)OCO4)cc2c1OCO2. The number of fused-ring (bicyclic) bond motifs is 3. The molecule has 0 unspecified atom stereocenters. The fourth-order valence-electron chi connectivity index (χ4n) is 6.28. The molecule has 7 rings (SSSR count). The highest BCUT2D eigenvalue weighted by molar-refractivity contribution is 5.89. The van der Waals surface area contributed by atoms with Crippen LogP contribution in [0.15, 0.2) is 41.5 Å². The van der Waals surface area contributed by atoms with Crippen LogP contribution in [-0.2, 0) is 11.2 Å². The first-order valence-corrected chi connectivity index (χ1v) is 14.9. The highest BCUT2D eigenvalue weighted by Gasteiger charge is 2.22. The molecule has 0 bridgehead atoms. The summed E-state index contributed by atoms with van der Waals surface area (Å²) in [7, 11) is 0. The van der Waals surface area contributed by atoms with Crippen molar-refractivity contribution >= 4 is 16.8 Å². The van der Waals surface area contributed by atoms with Gasteiger partial charge in [0.1, 0.15) is 0 Å². The Hall–Kier alpha value is -3.68. The predicted octanol–water partition coefficient (Wildman–Crippen LogP) is 6.53. The van der Waals surface area contributed by atoms with Crippen molar-refractivity contribution in [1.29, 1.82) is 0 Å². The van der Waals surface area contributed by atoms with Crippen LogP contribution >= 0.6 is 0 Å². The number of benzene rings is 2. The molecule has 1 aromatic heterocycles. The maximum Gasteiger partial charge on any atom is 0.285 e. The lowest BCUT2D eigenvalue weighted by Crippen LogP contribution is -2.39. The van der Waals surface area contributed by atoms with Crippen LogP contribution in [0.1, 0.15) is 69.8 Å². The van der Waals surface area contributed by atoms with E-state index in [1.165, 1.54) is 51.4 Å². The largest absolute Gasteiger partial charge is 0.465 e. The van der Waals surface area contributed by atoms with E-state index in [4.69, 9.17) is 33.7 Å². The third-order valence-corrected chi connectivity index (χ3v) is 8.51. The molecule has 210 valence electrons. The molecule has 8 nitrogen and oxygen atoms in total. The molecule has 40 heavy (non-hydrogen) atoms. The quantitative estimate of drug-likeness (QED) is 0.280. The zero-order valence-electron chi connectivity index (χ0n) is 23.0. The smallest absolute Gasteiger partial charge is 0.285 e. The number of rotatable bonds is 6. The molecule has 0 amide bonds. The van der Waals surface area contributed by atoms with Crippen LogP contribution in [-0.4, -0.2) is 43.3 Å². The van der Waals surface area contributed by atoms with Crippen LogP contribution in [0.3, 0.4) is 0 Å². The van der Waals surface area contributed by atoms with Crippen LogP contribution in [0.4, 0.5) is 0 Å². The van der Waals surface area contributed by atoms with Gasteiger partial charge in [-0.1, -0.05) is 38.5 Å². The number of nitrogens with one attached hydrogen (secondary N) is 1. The van der Waals surface area contributed by atoms with Gasteiger partial charge in [-0.2, -0.15) is 0 Å². The van der Waals surface area contributed by atoms with Gasteiger partial charge >= 0.3 is 0 Å². The molecule has 3 aromatic rings. The Morgan fingerprint density at radius 2 is 1.43 bits per heavy atom. The zero-order chi connectivity index (χ0) is 26.7. The van der Waals surface area contributed by atoms with Crippen molar-refractivity contribution in [2.24, 2.45) is 4.99 Å². The summed E-state index contributed by atoms with van der Waals surface area (Å²) in [6.45, 7) is 0.997. The van der Waals surface area contributed by atoms with Gasteiger partial charge in [0, 0.05) is 29.6 Å². The Morgan fingerprint density at radius 1 is 0.775 bits per heavy atom. The van der Waals surface area contributed by atoms with Gasteiger partial charge < -0.3 is 29.0 Å². The average molecular weight is 544 g/mol. The van der Waals surface area contributed by atoms with Crippen LogP contribution in [0.5, 0.6) is 23.0 Å². The summed E-state index contributed by atoms with van der Waals surface area (Å²) in [6.07, 6.45) is 15.0. The van der Waals surface area contributed by atoms with E-state index in [-0.39, 0.29) is 13.6 Å². The minimum Gasteiger partial charge on any atom is -0.465 e. The van der Waals surface area contributed by atoms with E-state index in [0.717, 1.165) is 69.5 Å². The third-order valence-electron chi connectivity index (χ3n) is 8.51. The van der Waals surface area contributed by atoms with Gasteiger partial charge in [-0.25, -0.2) is 4.99 Å². The molecule has 0 atom stereocenters. The van der Waals surface area contributed by atoms with Gasteiger partial charge in [-0.15, -0.1) is 0 Å². The normalized spacial score (nSPS) is 19.2. The first-order valence-electron chi connectivity index (χ1n) is 14.9. The molecule has 0 saturated heterocycles. The fourth-order valence-corrected chi connectivity index (χ4v) is 6.28. The maximum absolute atomic E-state index is 6.40. The van der Waals surface area contributed by atoms with E-state index in [0.29, 0.717) is 25.1 Å². The minimum atomic E-state index is 0.229. The summed E-state index contributed by atoms with van der Waals surface area (Å²) < 4.78 is 29.0. The van der Waals surface area contributed by atoms with Crippen LogP contribution < -0.4 is 24.3 Å². The molecule has 2 fully saturated rings. The number of amidine groups is 1. The zero-order valence-corrected chi connectivity index (χ0v) is 23.0. The van der Waals surface area contributed by atoms with Crippen molar-refractivity contribution in [3.8, 4) is 34.3 Å². The molecular weight excluding hydrogens is 506 g/mol. The number of pyridine rings is 1. The van der Waals surface area contributed by atoms with Crippen molar-refractivity contribution < 1.29 is 23.7 Å². The van der Waals surface area contributed by atoms with Gasteiger partial charge in [0.25, 0.3) is 6.02 Å². The molecule has 4 aliphatic rings. The maximum atomic E-state index is 6.40. The summed E-state index contributed by atoms with van der Waals surface area (Å²) in [5.41, 5.74) is 2.99. The first-order chi connectivity index (χ1) is 19.8. The van der Waals surface area contributed by atoms with Crippen LogP contribution in [0.25, 0.3) is 22.0 Å². The van der Waals surface area contributed by atoms with Crippen molar-refractivity contribution in [2.45, 2.75) is 82.7 Å². The predicted molar refractivity (Wildman–Crippen MR) is 153 cm³/mol. The van der Waals surface area contributed by atoms with E-state index >= 15 is 0 Å². The second kappa shape index (κ2) is 11.4. The molecule has 1 N–H and O–H groups in total. The molecule has 0 radical (unpaired) electrons. The summed E-state index contributed by atoms with van der Waals surface area (Å²) in [6, 6.07) is 11.7. The van der Waals surface area contributed by atoms with E-state index in [2.05, 4.69) is 17.4 Å². The summed E-state index contributed by atoms with van der Waals surface area (Å²) in [4.78, 5) is 9.88. The van der Waals surface area contributed by atoms with Crippen LogP contribution in [0.2, 0.25) is 0 Å². The number of hydrogen-bond acceptors (Lipinski definition) is 7. The van der Waals surface area contributed by atoms with Gasteiger partial charge in [0.15, 0.2) is 23.0 Å². The lowest BCUT2D eigenvalue weighted by atomic mass is 9.95. The monoisotopic (exact) mass is 543 g/mol. The molecule has 2 aliphatic heterocycles. The summed E-state index contributed by atoms with van der Waals surface area (Å²) in [5, 5.41) is 5.73. The Bertz CT molecular complexity index is 1400.